The highest BCUT2D eigenvalue weighted by atomic mass is 35.5. The van der Waals surface area contributed by atoms with Crippen molar-refractivity contribution in [1.82, 2.24) is 0 Å². The van der Waals surface area contributed by atoms with Gasteiger partial charge >= 0.3 is 0 Å². The largest absolute Gasteiger partial charge is 0.368 e. The maximum atomic E-state index is 12.5. The van der Waals surface area contributed by atoms with Crippen molar-refractivity contribution >= 4 is 29.1 Å². The second-order valence-electron chi connectivity index (χ2n) is 4.75. The third kappa shape index (κ3) is 3.65. The van der Waals surface area contributed by atoms with Crippen LogP contribution in [0.15, 0.2) is 60.7 Å². The Labute approximate surface area is 134 Å². The van der Waals surface area contributed by atoms with Crippen LogP contribution >= 0.6 is 11.6 Å². The zero-order valence-corrected chi connectivity index (χ0v) is 12.7. The lowest BCUT2D eigenvalue weighted by Gasteiger charge is -2.30. The van der Waals surface area contributed by atoms with Crippen LogP contribution in [0.1, 0.15) is 18.0 Å². The minimum absolute atomic E-state index is 0.132. The van der Waals surface area contributed by atoms with Crippen molar-refractivity contribution in [3.63, 3.8) is 0 Å². The predicted molar refractivity (Wildman–Crippen MR) is 87.6 cm³/mol. The molecule has 1 atom stereocenters. The molecule has 0 fully saturated rings. The Bertz CT molecular complexity index is 632. The van der Waals surface area contributed by atoms with Gasteiger partial charge in [-0.05, 0) is 17.7 Å². The van der Waals surface area contributed by atoms with Crippen molar-refractivity contribution in [2.75, 3.05) is 10.8 Å². The molecule has 114 valence electrons. The minimum Gasteiger partial charge on any atom is -0.368 e. The second-order valence-corrected chi connectivity index (χ2v) is 5.13. The average molecular weight is 317 g/mol. The molecule has 2 aromatic carbocycles. The van der Waals surface area contributed by atoms with Crippen molar-refractivity contribution in [3.05, 3.63) is 66.2 Å². The molecular weight excluding hydrogens is 300 g/mol. The number of alkyl halides is 1. The number of nitrogens with zero attached hydrogens (tertiary/aromatic N) is 1. The Kier molecular flexibility index (Phi) is 5.55. The molecule has 0 bridgehead atoms. The van der Waals surface area contributed by atoms with Crippen LogP contribution in [0.2, 0.25) is 0 Å². The Morgan fingerprint density at radius 2 is 1.55 bits per heavy atom. The summed E-state index contributed by atoms with van der Waals surface area (Å²) in [7, 11) is 0. The van der Waals surface area contributed by atoms with Crippen molar-refractivity contribution in [2.24, 2.45) is 5.73 Å². The quantitative estimate of drug-likeness (QED) is 0.833. The lowest BCUT2D eigenvalue weighted by Crippen LogP contribution is -2.42. The number of anilines is 1. The number of halogens is 1. The van der Waals surface area contributed by atoms with Crippen LogP contribution < -0.4 is 10.6 Å². The molecule has 0 saturated carbocycles. The van der Waals surface area contributed by atoms with Crippen LogP contribution in [0.25, 0.3) is 0 Å². The van der Waals surface area contributed by atoms with Crippen LogP contribution in [0, 0.1) is 0 Å². The number of rotatable bonds is 6. The van der Waals surface area contributed by atoms with Gasteiger partial charge in [-0.2, -0.15) is 0 Å². The molecule has 2 rings (SSSR count). The number of carbonyl (C=O) groups excluding carboxylic acids is 2. The van der Waals surface area contributed by atoms with E-state index in [1.165, 1.54) is 4.90 Å². The van der Waals surface area contributed by atoms with E-state index in [-0.39, 0.29) is 18.2 Å². The van der Waals surface area contributed by atoms with Gasteiger partial charge in [-0.3, -0.25) is 14.5 Å². The number of primary amides is 1. The van der Waals surface area contributed by atoms with Gasteiger partial charge in [0.05, 0.1) is 0 Å². The normalized spacial score (nSPS) is 11.7. The number of nitrogens with two attached hydrogens (primary N) is 1. The fourth-order valence-corrected chi connectivity index (χ4v) is 2.46. The molecule has 2 N–H and O–H groups in total. The third-order valence-corrected chi connectivity index (χ3v) is 3.44. The summed E-state index contributed by atoms with van der Waals surface area (Å²) in [5.74, 6) is -0.644. The topological polar surface area (TPSA) is 63.4 Å². The zero-order valence-electron chi connectivity index (χ0n) is 12.0. The fourth-order valence-electron chi connectivity index (χ4n) is 2.30. The van der Waals surface area contributed by atoms with Gasteiger partial charge in [-0.25, -0.2) is 0 Å². The summed E-state index contributed by atoms with van der Waals surface area (Å²) in [6, 6.07) is 17.1. The monoisotopic (exact) mass is 316 g/mol. The summed E-state index contributed by atoms with van der Waals surface area (Å²) in [5.41, 5.74) is 6.86. The summed E-state index contributed by atoms with van der Waals surface area (Å²) in [6.45, 7) is 0. The van der Waals surface area contributed by atoms with E-state index in [1.807, 2.05) is 12.1 Å². The molecule has 0 spiro atoms. The van der Waals surface area contributed by atoms with Crippen molar-refractivity contribution in [1.29, 1.82) is 0 Å². The molecule has 1 unspecified atom stereocenters. The van der Waals surface area contributed by atoms with Crippen LogP contribution in [0.5, 0.6) is 0 Å². The molecular formula is C17H17ClN2O2. The molecule has 0 aliphatic carbocycles. The number of amides is 2. The van der Waals surface area contributed by atoms with E-state index in [2.05, 4.69) is 0 Å². The van der Waals surface area contributed by atoms with Gasteiger partial charge in [-0.15, -0.1) is 11.6 Å². The molecule has 0 saturated heterocycles. The minimum atomic E-state index is -0.862. The Balaban J connectivity index is 2.50. The van der Waals surface area contributed by atoms with E-state index in [1.54, 1.807) is 48.5 Å². The molecule has 5 heteroatoms. The molecule has 0 heterocycles. The first kappa shape index (κ1) is 16.0. The smallest absolute Gasteiger partial charge is 0.245 e. The van der Waals surface area contributed by atoms with E-state index < -0.39 is 11.9 Å². The van der Waals surface area contributed by atoms with Gasteiger partial charge in [0.25, 0.3) is 0 Å². The molecule has 0 aliphatic heterocycles. The third-order valence-electron chi connectivity index (χ3n) is 3.25. The summed E-state index contributed by atoms with van der Waals surface area (Å²) >= 11 is 5.69. The predicted octanol–water partition coefficient (Wildman–Crippen LogP) is 2.88. The number of para-hydroxylation sites is 1. The highest BCUT2D eigenvalue weighted by Gasteiger charge is 2.30. The lowest BCUT2D eigenvalue weighted by molar-refractivity contribution is -0.124. The van der Waals surface area contributed by atoms with Gasteiger partial charge in [0.1, 0.15) is 6.04 Å². The number of hydrogen-bond acceptors (Lipinski definition) is 2. The Hall–Kier alpha value is -2.33. The lowest BCUT2D eigenvalue weighted by atomic mass is 10.0. The van der Waals surface area contributed by atoms with E-state index >= 15 is 0 Å². The van der Waals surface area contributed by atoms with Gasteiger partial charge in [0.2, 0.25) is 11.8 Å². The SMILES string of the molecule is NC(=O)C(c1ccccc1)N(C(=O)CCCl)c1ccccc1. The van der Waals surface area contributed by atoms with E-state index in [9.17, 15) is 9.59 Å². The van der Waals surface area contributed by atoms with Crippen molar-refractivity contribution in [3.8, 4) is 0 Å². The Morgan fingerprint density at radius 1 is 1.00 bits per heavy atom. The molecule has 0 aromatic heterocycles. The first-order valence-electron chi connectivity index (χ1n) is 6.92. The van der Waals surface area contributed by atoms with Crippen LogP contribution in [0.4, 0.5) is 5.69 Å². The fraction of sp³-hybridized carbons (Fsp3) is 0.176. The number of benzene rings is 2. The average Bonchev–Trinajstić information content (AvgIpc) is 2.54. The number of carbonyl (C=O) groups is 2. The summed E-state index contributed by atoms with van der Waals surface area (Å²) in [5, 5.41) is 0. The molecule has 2 amide bonds. The zero-order chi connectivity index (χ0) is 15.9. The highest BCUT2D eigenvalue weighted by molar-refractivity contribution is 6.19. The standard InChI is InChI=1S/C17H17ClN2O2/c18-12-11-15(21)20(14-9-5-2-6-10-14)16(17(19)22)13-7-3-1-4-8-13/h1-10,16H,11-12H2,(H2,19,22). The Morgan fingerprint density at radius 3 is 2.05 bits per heavy atom. The van der Waals surface area contributed by atoms with Crippen LogP contribution in [-0.2, 0) is 9.59 Å². The molecule has 4 nitrogen and oxygen atoms in total. The van der Waals surface area contributed by atoms with Crippen LogP contribution in [0.3, 0.4) is 0 Å². The molecule has 22 heavy (non-hydrogen) atoms. The van der Waals surface area contributed by atoms with Gasteiger partial charge < -0.3 is 5.73 Å². The molecule has 2 aromatic rings. The van der Waals surface area contributed by atoms with Gasteiger partial charge in [0.15, 0.2) is 0 Å². The van der Waals surface area contributed by atoms with E-state index in [0.717, 1.165) is 0 Å². The van der Waals surface area contributed by atoms with Crippen molar-refractivity contribution < 1.29 is 9.59 Å². The first-order chi connectivity index (χ1) is 10.6. The maximum Gasteiger partial charge on any atom is 0.245 e. The summed E-state index contributed by atoms with van der Waals surface area (Å²) < 4.78 is 0. The first-order valence-corrected chi connectivity index (χ1v) is 7.46. The molecule has 0 aliphatic rings. The maximum absolute atomic E-state index is 12.5. The highest BCUT2D eigenvalue weighted by Crippen LogP contribution is 2.28. The van der Waals surface area contributed by atoms with E-state index in [0.29, 0.717) is 11.3 Å². The van der Waals surface area contributed by atoms with Crippen LogP contribution in [-0.4, -0.2) is 17.7 Å². The summed E-state index contributed by atoms with van der Waals surface area (Å²) in [6.07, 6.45) is 0.132. The second kappa shape index (κ2) is 7.61. The van der Waals surface area contributed by atoms with Gasteiger partial charge in [0, 0.05) is 18.0 Å². The van der Waals surface area contributed by atoms with Crippen molar-refractivity contribution in [2.45, 2.75) is 12.5 Å². The van der Waals surface area contributed by atoms with Gasteiger partial charge in [-0.1, -0.05) is 48.5 Å². The van der Waals surface area contributed by atoms with E-state index in [4.69, 9.17) is 17.3 Å². The number of hydrogen-bond donors (Lipinski definition) is 1. The molecule has 0 radical (unpaired) electrons. The summed E-state index contributed by atoms with van der Waals surface area (Å²) in [4.78, 5) is 25.9.